The molecular formula is C15H16O2. The monoisotopic (exact) mass is 228 g/mol. The summed E-state index contributed by atoms with van der Waals surface area (Å²) in [5, 5.41) is 0. The molecule has 2 heteroatoms. The second-order valence-electron chi connectivity index (χ2n) is 3.93. The van der Waals surface area contributed by atoms with Gasteiger partial charge in [-0.2, -0.15) is 0 Å². The Morgan fingerprint density at radius 2 is 1.71 bits per heavy atom. The molecule has 0 N–H and O–H groups in total. The molecule has 0 heterocycles. The molecule has 0 aromatic heterocycles. The first-order valence-corrected chi connectivity index (χ1v) is 5.39. The van der Waals surface area contributed by atoms with Crippen molar-refractivity contribution >= 4 is 5.78 Å². The van der Waals surface area contributed by atoms with Gasteiger partial charge in [-0.25, -0.2) is 0 Å². The summed E-state index contributed by atoms with van der Waals surface area (Å²) < 4.78 is 5.04. The van der Waals surface area contributed by atoms with Crippen molar-refractivity contribution < 1.29 is 9.53 Å². The highest BCUT2D eigenvalue weighted by atomic mass is 16.5. The molecule has 0 aliphatic carbocycles. The zero-order valence-electron chi connectivity index (χ0n) is 10.6. The summed E-state index contributed by atoms with van der Waals surface area (Å²) in [5.41, 5.74) is 2.52. The molecule has 0 radical (unpaired) electrons. The van der Waals surface area contributed by atoms with Crippen molar-refractivity contribution in [3.8, 4) is 17.6 Å². The summed E-state index contributed by atoms with van der Waals surface area (Å²) >= 11 is 0. The highest BCUT2D eigenvalue weighted by Gasteiger charge is 2.01. The molecule has 0 atom stereocenters. The van der Waals surface area contributed by atoms with E-state index >= 15 is 0 Å². The second-order valence-corrected chi connectivity index (χ2v) is 3.93. The Kier molecular flexibility index (Phi) is 4.54. The van der Waals surface area contributed by atoms with E-state index in [0.29, 0.717) is 5.57 Å². The number of benzene rings is 1. The molecule has 0 amide bonds. The lowest BCUT2D eigenvalue weighted by molar-refractivity contribution is -0.110. The Morgan fingerprint density at radius 1 is 1.12 bits per heavy atom. The summed E-state index contributed by atoms with van der Waals surface area (Å²) in [5.74, 6) is 6.13. The minimum absolute atomic E-state index is 0.124. The minimum atomic E-state index is -0.124. The van der Waals surface area contributed by atoms with Gasteiger partial charge in [0.1, 0.15) is 5.75 Å². The van der Waals surface area contributed by atoms with Crippen LogP contribution in [0, 0.1) is 11.8 Å². The van der Waals surface area contributed by atoms with E-state index in [2.05, 4.69) is 11.8 Å². The first-order chi connectivity index (χ1) is 8.04. The van der Waals surface area contributed by atoms with Gasteiger partial charge in [0.2, 0.25) is 5.78 Å². The maximum absolute atomic E-state index is 11.6. The molecular weight excluding hydrogens is 212 g/mol. The van der Waals surface area contributed by atoms with Crippen LogP contribution in [0.4, 0.5) is 0 Å². The normalized spacial score (nSPS) is 8.94. The highest BCUT2D eigenvalue weighted by Crippen LogP contribution is 2.10. The molecule has 0 fully saturated rings. The lowest BCUT2D eigenvalue weighted by Gasteiger charge is -1.97. The van der Waals surface area contributed by atoms with E-state index in [9.17, 15) is 4.79 Å². The highest BCUT2D eigenvalue weighted by molar-refractivity contribution is 6.08. The molecule has 1 aromatic carbocycles. The average molecular weight is 228 g/mol. The van der Waals surface area contributed by atoms with E-state index in [-0.39, 0.29) is 5.78 Å². The zero-order chi connectivity index (χ0) is 12.8. The number of methoxy groups -OCH3 is 1. The molecule has 0 saturated carbocycles. The Hall–Kier alpha value is -2.01. The van der Waals surface area contributed by atoms with Crippen LogP contribution in [0.3, 0.4) is 0 Å². The fourth-order valence-electron chi connectivity index (χ4n) is 1.12. The smallest absolute Gasteiger partial charge is 0.231 e. The Balaban J connectivity index is 2.85. The topological polar surface area (TPSA) is 26.3 Å². The first kappa shape index (κ1) is 13.1. The van der Waals surface area contributed by atoms with Crippen molar-refractivity contribution in [2.24, 2.45) is 0 Å². The summed E-state index contributed by atoms with van der Waals surface area (Å²) in [7, 11) is 1.61. The van der Waals surface area contributed by atoms with E-state index < -0.39 is 0 Å². The van der Waals surface area contributed by atoms with Crippen molar-refractivity contribution in [3.05, 3.63) is 41.0 Å². The van der Waals surface area contributed by atoms with E-state index in [1.807, 2.05) is 38.1 Å². The number of carbonyl (C=O) groups excluding carboxylic acids is 1. The van der Waals surface area contributed by atoms with Crippen LogP contribution in [-0.4, -0.2) is 12.9 Å². The average Bonchev–Trinajstić information content (AvgIpc) is 2.35. The van der Waals surface area contributed by atoms with Gasteiger partial charge in [0.05, 0.1) is 7.11 Å². The van der Waals surface area contributed by atoms with Gasteiger partial charge in [-0.3, -0.25) is 4.79 Å². The van der Waals surface area contributed by atoms with Crippen molar-refractivity contribution in [1.29, 1.82) is 0 Å². The Morgan fingerprint density at radius 3 is 2.18 bits per heavy atom. The number of hydrogen-bond donors (Lipinski definition) is 0. The standard InChI is InChI=1S/C15H16O2/c1-11(2)12(3)15(16)10-7-13-5-8-14(17-4)9-6-13/h5-6,8-9H,1-4H3. The van der Waals surface area contributed by atoms with Crippen molar-refractivity contribution in [1.82, 2.24) is 0 Å². The van der Waals surface area contributed by atoms with Crippen LogP contribution in [0.25, 0.3) is 0 Å². The fourth-order valence-corrected chi connectivity index (χ4v) is 1.12. The molecule has 0 unspecified atom stereocenters. The Bertz CT molecular complexity index is 492. The summed E-state index contributed by atoms with van der Waals surface area (Å²) in [6, 6.07) is 7.30. The van der Waals surface area contributed by atoms with Gasteiger partial charge in [0.25, 0.3) is 0 Å². The van der Waals surface area contributed by atoms with Crippen LogP contribution >= 0.6 is 0 Å². The predicted molar refractivity (Wildman–Crippen MR) is 68.9 cm³/mol. The van der Waals surface area contributed by atoms with Gasteiger partial charge >= 0.3 is 0 Å². The van der Waals surface area contributed by atoms with Crippen LogP contribution in [0.2, 0.25) is 0 Å². The molecule has 17 heavy (non-hydrogen) atoms. The SMILES string of the molecule is COc1ccc(C#CC(=O)C(C)=C(C)C)cc1. The van der Waals surface area contributed by atoms with Crippen molar-refractivity contribution in [3.63, 3.8) is 0 Å². The number of hydrogen-bond acceptors (Lipinski definition) is 2. The van der Waals surface area contributed by atoms with Gasteiger partial charge in [-0.05, 0) is 51.0 Å². The molecule has 0 spiro atoms. The second kappa shape index (κ2) is 5.91. The van der Waals surface area contributed by atoms with E-state index in [1.165, 1.54) is 0 Å². The third-order valence-electron chi connectivity index (χ3n) is 2.50. The largest absolute Gasteiger partial charge is 0.497 e. The maximum Gasteiger partial charge on any atom is 0.231 e. The first-order valence-electron chi connectivity index (χ1n) is 5.39. The lowest BCUT2D eigenvalue weighted by atomic mass is 10.1. The lowest BCUT2D eigenvalue weighted by Crippen LogP contribution is -1.97. The number of ether oxygens (including phenoxy) is 1. The summed E-state index contributed by atoms with van der Waals surface area (Å²) in [6.45, 7) is 5.60. The molecule has 88 valence electrons. The van der Waals surface area contributed by atoms with Crippen LogP contribution in [0.5, 0.6) is 5.75 Å². The molecule has 0 aliphatic heterocycles. The third kappa shape index (κ3) is 3.81. The van der Waals surface area contributed by atoms with Crippen LogP contribution < -0.4 is 4.74 Å². The quantitative estimate of drug-likeness (QED) is 0.574. The van der Waals surface area contributed by atoms with Crippen molar-refractivity contribution in [2.45, 2.75) is 20.8 Å². The third-order valence-corrected chi connectivity index (χ3v) is 2.50. The number of ketones is 1. The van der Waals surface area contributed by atoms with Gasteiger partial charge in [0, 0.05) is 11.1 Å². The van der Waals surface area contributed by atoms with Gasteiger partial charge in [-0.1, -0.05) is 11.5 Å². The zero-order valence-corrected chi connectivity index (χ0v) is 10.6. The molecule has 2 nitrogen and oxygen atoms in total. The van der Waals surface area contributed by atoms with Crippen LogP contribution in [0.15, 0.2) is 35.4 Å². The van der Waals surface area contributed by atoms with E-state index in [4.69, 9.17) is 4.74 Å². The van der Waals surface area contributed by atoms with Crippen LogP contribution in [0.1, 0.15) is 26.3 Å². The fraction of sp³-hybridized carbons (Fsp3) is 0.267. The van der Waals surface area contributed by atoms with Gasteiger partial charge in [0.15, 0.2) is 0 Å². The molecule has 0 saturated heterocycles. The van der Waals surface area contributed by atoms with Gasteiger partial charge in [-0.15, -0.1) is 0 Å². The minimum Gasteiger partial charge on any atom is -0.497 e. The molecule has 0 aliphatic rings. The summed E-state index contributed by atoms with van der Waals surface area (Å²) in [6.07, 6.45) is 0. The maximum atomic E-state index is 11.6. The molecule has 1 aromatic rings. The van der Waals surface area contributed by atoms with E-state index in [0.717, 1.165) is 16.9 Å². The van der Waals surface area contributed by atoms with Crippen molar-refractivity contribution in [2.75, 3.05) is 7.11 Å². The number of rotatable bonds is 2. The number of allylic oxidation sites excluding steroid dienone is 2. The molecule has 1 rings (SSSR count). The molecule has 0 bridgehead atoms. The van der Waals surface area contributed by atoms with Gasteiger partial charge < -0.3 is 4.74 Å². The number of Topliss-reactive ketones (excluding diaryl/α,β-unsaturated/α-hetero) is 1. The number of carbonyl (C=O) groups is 1. The van der Waals surface area contributed by atoms with E-state index in [1.54, 1.807) is 14.0 Å². The Labute approximate surface area is 102 Å². The summed E-state index contributed by atoms with van der Waals surface area (Å²) in [4.78, 5) is 11.6. The van der Waals surface area contributed by atoms with Crippen LogP contribution in [-0.2, 0) is 4.79 Å². The predicted octanol–water partition coefficient (Wildman–Crippen LogP) is 2.97.